The summed E-state index contributed by atoms with van der Waals surface area (Å²) in [6.07, 6.45) is 0.813. The van der Waals surface area contributed by atoms with Gasteiger partial charge in [-0.2, -0.15) is 0 Å². The van der Waals surface area contributed by atoms with E-state index in [9.17, 15) is 9.59 Å². The van der Waals surface area contributed by atoms with E-state index < -0.39 is 0 Å². The van der Waals surface area contributed by atoms with Crippen LogP contribution in [0, 0.1) is 0 Å². The molecule has 1 aromatic rings. The van der Waals surface area contributed by atoms with Crippen molar-refractivity contribution in [2.45, 2.75) is 0 Å². The molecule has 1 heterocycles. The molecule has 108 valence electrons. The molecule has 0 spiro atoms. The van der Waals surface area contributed by atoms with Gasteiger partial charge in [0.25, 0.3) is 0 Å². The molecule has 0 aromatic heterocycles. The van der Waals surface area contributed by atoms with Crippen LogP contribution in [0.3, 0.4) is 0 Å². The standard InChI is InChI=1S/C13H15Cl2N3O2/c14-10-1-2-12(11(15)7-10)16-8-13(20)18-5-3-17(9-19)4-6-18/h1-2,7,9,16H,3-6,8H2. The minimum atomic E-state index is -0.0124. The van der Waals surface area contributed by atoms with Gasteiger partial charge < -0.3 is 15.1 Å². The van der Waals surface area contributed by atoms with Crippen LogP contribution in [0.4, 0.5) is 5.69 Å². The summed E-state index contributed by atoms with van der Waals surface area (Å²) >= 11 is 11.8. The molecule has 0 radical (unpaired) electrons. The Hall–Kier alpha value is -1.46. The van der Waals surface area contributed by atoms with Crippen LogP contribution in [0.25, 0.3) is 0 Å². The summed E-state index contributed by atoms with van der Waals surface area (Å²) in [7, 11) is 0. The van der Waals surface area contributed by atoms with E-state index in [0.29, 0.717) is 41.9 Å². The lowest BCUT2D eigenvalue weighted by Gasteiger charge is -2.32. The first-order valence-corrected chi connectivity index (χ1v) is 7.02. The first-order valence-electron chi connectivity index (χ1n) is 6.26. The maximum absolute atomic E-state index is 12.0. The van der Waals surface area contributed by atoms with Gasteiger partial charge >= 0.3 is 0 Å². The van der Waals surface area contributed by atoms with Crippen molar-refractivity contribution in [3.63, 3.8) is 0 Å². The number of amides is 2. The fourth-order valence-electron chi connectivity index (χ4n) is 1.99. The van der Waals surface area contributed by atoms with E-state index >= 15 is 0 Å². The second-order valence-electron chi connectivity index (χ2n) is 4.50. The molecule has 0 saturated carbocycles. The Bertz CT molecular complexity index is 502. The van der Waals surface area contributed by atoms with Crippen LogP contribution in [0.5, 0.6) is 0 Å². The third kappa shape index (κ3) is 3.77. The van der Waals surface area contributed by atoms with Gasteiger partial charge in [0.2, 0.25) is 12.3 Å². The number of nitrogens with one attached hydrogen (secondary N) is 1. The Kier molecular flexibility index (Phi) is 5.09. The molecule has 1 aliphatic heterocycles. The Morgan fingerprint density at radius 3 is 2.55 bits per heavy atom. The highest BCUT2D eigenvalue weighted by molar-refractivity contribution is 6.36. The average Bonchev–Trinajstić information content (AvgIpc) is 2.46. The van der Waals surface area contributed by atoms with Crippen molar-refractivity contribution in [1.29, 1.82) is 0 Å². The highest BCUT2D eigenvalue weighted by Gasteiger charge is 2.19. The fourth-order valence-corrected chi connectivity index (χ4v) is 2.47. The van der Waals surface area contributed by atoms with Gasteiger partial charge in [-0.1, -0.05) is 23.2 Å². The van der Waals surface area contributed by atoms with Crippen molar-refractivity contribution in [2.75, 3.05) is 38.0 Å². The minimum Gasteiger partial charge on any atom is -0.375 e. The SMILES string of the molecule is O=CN1CCN(C(=O)CNc2ccc(Cl)cc2Cl)CC1. The van der Waals surface area contributed by atoms with Gasteiger partial charge in [-0.05, 0) is 18.2 Å². The Balaban J connectivity index is 1.85. The quantitative estimate of drug-likeness (QED) is 0.861. The van der Waals surface area contributed by atoms with Crippen LogP contribution in [0.1, 0.15) is 0 Å². The number of rotatable bonds is 4. The molecular weight excluding hydrogens is 301 g/mol. The van der Waals surface area contributed by atoms with Crippen LogP contribution < -0.4 is 5.32 Å². The third-order valence-corrected chi connectivity index (χ3v) is 3.73. The van der Waals surface area contributed by atoms with Gasteiger partial charge in [0.15, 0.2) is 0 Å². The molecule has 7 heteroatoms. The molecule has 0 aliphatic carbocycles. The minimum absolute atomic E-state index is 0.0124. The van der Waals surface area contributed by atoms with E-state index in [1.54, 1.807) is 28.0 Å². The predicted octanol–water partition coefficient (Wildman–Crippen LogP) is 1.71. The summed E-state index contributed by atoms with van der Waals surface area (Å²) in [6, 6.07) is 5.07. The third-order valence-electron chi connectivity index (χ3n) is 3.18. The summed E-state index contributed by atoms with van der Waals surface area (Å²) in [5, 5.41) is 4.03. The number of hydrogen-bond acceptors (Lipinski definition) is 3. The number of halogens is 2. The number of benzene rings is 1. The molecule has 20 heavy (non-hydrogen) atoms. The molecule has 5 nitrogen and oxygen atoms in total. The monoisotopic (exact) mass is 315 g/mol. The van der Waals surface area contributed by atoms with Crippen molar-refractivity contribution in [3.05, 3.63) is 28.2 Å². The largest absolute Gasteiger partial charge is 0.375 e. The summed E-state index contributed by atoms with van der Waals surface area (Å²) in [5.74, 6) is -0.0124. The lowest BCUT2D eigenvalue weighted by Crippen LogP contribution is -2.49. The van der Waals surface area contributed by atoms with Gasteiger partial charge in [-0.25, -0.2) is 0 Å². The van der Waals surface area contributed by atoms with Gasteiger partial charge in [0.05, 0.1) is 17.3 Å². The lowest BCUT2D eigenvalue weighted by molar-refractivity contribution is -0.133. The first kappa shape index (κ1) is 14.9. The molecular formula is C13H15Cl2N3O2. The van der Waals surface area contributed by atoms with Gasteiger partial charge in [-0.15, -0.1) is 0 Å². The van der Waals surface area contributed by atoms with E-state index in [-0.39, 0.29) is 12.5 Å². The summed E-state index contributed by atoms with van der Waals surface area (Å²) in [5.41, 5.74) is 0.677. The Morgan fingerprint density at radius 1 is 1.25 bits per heavy atom. The summed E-state index contributed by atoms with van der Waals surface area (Å²) in [6.45, 7) is 2.46. The number of anilines is 1. The number of hydrogen-bond donors (Lipinski definition) is 1. The molecule has 1 fully saturated rings. The number of carbonyl (C=O) groups excluding carboxylic acids is 2. The maximum Gasteiger partial charge on any atom is 0.241 e. The highest BCUT2D eigenvalue weighted by Crippen LogP contribution is 2.25. The van der Waals surface area contributed by atoms with Crippen molar-refractivity contribution in [3.8, 4) is 0 Å². The van der Waals surface area contributed by atoms with Crippen LogP contribution >= 0.6 is 23.2 Å². The zero-order chi connectivity index (χ0) is 14.5. The predicted molar refractivity (Wildman–Crippen MR) is 79.2 cm³/mol. The van der Waals surface area contributed by atoms with Crippen LogP contribution in [0.15, 0.2) is 18.2 Å². The normalized spacial score (nSPS) is 15.1. The average molecular weight is 316 g/mol. The molecule has 1 N–H and O–H groups in total. The number of carbonyl (C=O) groups is 2. The van der Waals surface area contributed by atoms with E-state index in [1.165, 1.54) is 0 Å². The molecule has 2 amide bonds. The maximum atomic E-state index is 12.0. The molecule has 1 aromatic carbocycles. The van der Waals surface area contributed by atoms with Crippen molar-refractivity contribution >= 4 is 41.2 Å². The topological polar surface area (TPSA) is 52.7 Å². The van der Waals surface area contributed by atoms with E-state index in [1.807, 2.05) is 0 Å². The molecule has 1 aliphatic rings. The second-order valence-corrected chi connectivity index (χ2v) is 5.34. The van der Waals surface area contributed by atoms with Gasteiger partial charge in [-0.3, -0.25) is 9.59 Å². The van der Waals surface area contributed by atoms with Crippen molar-refractivity contribution < 1.29 is 9.59 Å². The Morgan fingerprint density at radius 2 is 1.95 bits per heavy atom. The summed E-state index contributed by atoms with van der Waals surface area (Å²) < 4.78 is 0. The van der Waals surface area contributed by atoms with Crippen molar-refractivity contribution in [1.82, 2.24) is 9.80 Å². The zero-order valence-electron chi connectivity index (χ0n) is 10.8. The molecule has 0 bridgehead atoms. The zero-order valence-corrected chi connectivity index (χ0v) is 12.3. The fraction of sp³-hybridized carbons (Fsp3) is 0.385. The summed E-state index contributed by atoms with van der Waals surface area (Å²) in [4.78, 5) is 26.0. The first-order chi connectivity index (χ1) is 9.60. The van der Waals surface area contributed by atoms with E-state index in [4.69, 9.17) is 23.2 Å². The van der Waals surface area contributed by atoms with E-state index in [2.05, 4.69) is 5.32 Å². The molecule has 0 unspecified atom stereocenters. The lowest BCUT2D eigenvalue weighted by atomic mass is 10.3. The van der Waals surface area contributed by atoms with Crippen molar-refractivity contribution in [2.24, 2.45) is 0 Å². The van der Waals surface area contributed by atoms with Crippen LogP contribution in [0.2, 0.25) is 10.0 Å². The van der Waals surface area contributed by atoms with Crippen LogP contribution in [-0.2, 0) is 9.59 Å². The van der Waals surface area contributed by atoms with Gasteiger partial charge in [0, 0.05) is 31.2 Å². The second kappa shape index (κ2) is 6.81. The Labute approximate surface area is 127 Å². The van der Waals surface area contributed by atoms with Gasteiger partial charge in [0.1, 0.15) is 0 Å². The number of nitrogens with zero attached hydrogens (tertiary/aromatic N) is 2. The number of piperazine rings is 1. The molecule has 0 atom stereocenters. The van der Waals surface area contributed by atoms with E-state index in [0.717, 1.165) is 6.41 Å². The molecule has 1 saturated heterocycles. The smallest absolute Gasteiger partial charge is 0.241 e. The highest BCUT2D eigenvalue weighted by atomic mass is 35.5. The molecule has 2 rings (SSSR count). The van der Waals surface area contributed by atoms with Crippen LogP contribution in [-0.4, -0.2) is 54.8 Å².